The fourth-order valence-corrected chi connectivity index (χ4v) is 2.07. The van der Waals surface area contributed by atoms with E-state index in [0.29, 0.717) is 5.41 Å². The average molecular weight is 245 g/mol. The molecule has 2 N–H and O–H groups in total. The van der Waals surface area contributed by atoms with Gasteiger partial charge in [-0.1, -0.05) is 26.7 Å². The third-order valence-corrected chi connectivity index (χ3v) is 3.66. The minimum atomic E-state index is 0.303. The molecule has 0 aromatic heterocycles. The van der Waals surface area contributed by atoms with Crippen LogP contribution >= 0.6 is 0 Å². The number of hydrogen-bond donors (Lipinski definition) is 1. The van der Waals surface area contributed by atoms with E-state index in [1.54, 1.807) is 7.11 Å². The minimum Gasteiger partial charge on any atom is -0.385 e. The molecule has 0 radical (unpaired) electrons. The molecule has 3 heteroatoms. The van der Waals surface area contributed by atoms with Crippen LogP contribution in [0.4, 0.5) is 0 Å². The van der Waals surface area contributed by atoms with Gasteiger partial charge in [0, 0.05) is 26.9 Å². The van der Waals surface area contributed by atoms with Crippen molar-refractivity contribution < 1.29 is 9.47 Å². The highest BCUT2D eigenvalue weighted by atomic mass is 16.5. The summed E-state index contributed by atoms with van der Waals surface area (Å²) < 4.78 is 10.6. The fourth-order valence-electron chi connectivity index (χ4n) is 2.07. The van der Waals surface area contributed by atoms with Gasteiger partial charge in [-0.3, -0.25) is 0 Å². The van der Waals surface area contributed by atoms with E-state index in [1.807, 2.05) is 0 Å². The Kier molecular flexibility index (Phi) is 10.9. The van der Waals surface area contributed by atoms with Crippen molar-refractivity contribution in [2.75, 3.05) is 33.5 Å². The smallest absolute Gasteiger partial charge is 0.0487 e. The van der Waals surface area contributed by atoms with Crippen molar-refractivity contribution in [3.8, 4) is 0 Å². The van der Waals surface area contributed by atoms with E-state index in [0.717, 1.165) is 45.6 Å². The lowest BCUT2D eigenvalue weighted by Crippen LogP contribution is -2.31. The van der Waals surface area contributed by atoms with Gasteiger partial charge in [-0.15, -0.1) is 0 Å². The topological polar surface area (TPSA) is 44.5 Å². The van der Waals surface area contributed by atoms with Crippen LogP contribution in [0, 0.1) is 5.41 Å². The average Bonchev–Trinajstić information content (AvgIpc) is 2.38. The van der Waals surface area contributed by atoms with Gasteiger partial charge >= 0.3 is 0 Å². The van der Waals surface area contributed by atoms with Crippen LogP contribution in [0.2, 0.25) is 0 Å². The Hall–Kier alpha value is -0.120. The van der Waals surface area contributed by atoms with Gasteiger partial charge in [0.25, 0.3) is 0 Å². The van der Waals surface area contributed by atoms with Crippen molar-refractivity contribution >= 4 is 0 Å². The van der Waals surface area contributed by atoms with Gasteiger partial charge in [0.2, 0.25) is 0 Å². The van der Waals surface area contributed by atoms with E-state index >= 15 is 0 Å². The van der Waals surface area contributed by atoms with Gasteiger partial charge < -0.3 is 15.2 Å². The van der Waals surface area contributed by atoms with Crippen LogP contribution in [0.3, 0.4) is 0 Å². The third-order valence-electron chi connectivity index (χ3n) is 3.66. The minimum absolute atomic E-state index is 0.303. The number of unbranched alkanes of at least 4 members (excludes halogenated alkanes) is 1. The first-order valence-corrected chi connectivity index (χ1v) is 7.01. The van der Waals surface area contributed by atoms with E-state index in [4.69, 9.17) is 15.2 Å². The summed E-state index contributed by atoms with van der Waals surface area (Å²) in [7, 11) is 1.72. The van der Waals surface area contributed by atoms with Crippen molar-refractivity contribution in [1.82, 2.24) is 0 Å². The lowest BCUT2D eigenvalue weighted by atomic mass is 9.77. The number of rotatable bonds is 12. The molecular weight excluding hydrogens is 214 g/mol. The van der Waals surface area contributed by atoms with E-state index in [1.165, 1.54) is 19.3 Å². The van der Waals surface area contributed by atoms with Crippen LogP contribution in [0.1, 0.15) is 52.4 Å². The number of ether oxygens (including phenoxy) is 2. The SMILES string of the molecule is CCCCC(CC)(CN)CCOCCCOC. The molecule has 1 unspecified atom stereocenters. The summed E-state index contributed by atoms with van der Waals surface area (Å²) in [5.74, 6) is 0. The van der Waals surface area contributed by atoms with Crippen LogP contribution < -0.4 is 5.73 Å². The highest BCUT2D eigenvalue weighted by molar-refractivity contribution is 4.78. The summed E-state index contributed by atoms with van der Waals surface area (Å²) in [5.41, 5.74) is 6.25. The maximum atomic E-state index is 5.95. The van der Waals surface area contributed by atoms with E-state index in [9.17, 15) is 0 Å². The molecule has 0 rings (SSSR count). The first-order valence-electron chi connectivity index (χ1n) is 7.01. The van der Waals surface area contributed by atoms with E-state index in [2.05, 4.69) is 13.8 Å². The highest BCUT2D eigenvalue weighted by Gasteiger charge is 2.25. The Balaban J connectivity index is 3.75. The quantitative estimate of drug-likeness (QED) is 0.538. The van der Waals surface area contributed by atoms with Crippen molar-refractivity contribution in [3.63, 3.8) is 0 Å². The number of nitrogens with two attached hydrogens (primary N) is 1. The van der Waals surface area contributed by atoms with Crippen LogP contribution in [-0.2, 0) is 9.47 Å². The molecule has 0 aromatic carbocycles. The monoisotopic (exact) mass is 245 g/mol. The van der Waals surface area contributed by atoms with Gasteiger partial charge in [-0.2, -0.15) is 0 Å². The first kappa shape index (κ1) is 16.9. The molecule has 0 aliphatic heterocycles. The van der Waals surface area contributed by atoms with Crippen LogP contribution in [0.25, 0.3) is 0 Å². The molecule has 104 valence electrons. The standard InChI is InChI=1S/C14H31NO2/c1-4-6-8-14(5-2,13-15)9-12-17-11-7-10-16-3/h4-13,15H2,1-3H3. The lowest BCUT2D eigenvalue weighted by Gasteiger charge is -2.31. The Bertz CT molecular complexity index is 158. The summed E-state index contributed by atoms with van der Waals surface area (Å²) in [6, 6.07) is 0. The van der Waals surface area contributed by atoms with Crippen LogP contribution in [0.15, 0.2) is 0 Å². The Morgan fingerprint density at radius 3 is 2.29 bits per heavy atom. The molecule has 0 amide bonds. The fraction of sp³-hybridized carbons (Fsp3) is 1.00. The zero-order valence-corrected chi connectivity index (χ0v) is 12.0. The van der Waals surface area contributed by atoms with E-state index in [-0.39, 0.29) is 0 Å². The molecule has 3 nitrogen and oxygen atoms in total. The molecule has 0 heterocycles. The Morgan fingerprint density at radius 2 is 1.76 bits per heavy atom. The second-order valence-electron chi connectivity index (χ2n) is 4.87. The molecule has 0 saturated heterocycles. The third kappa shape index (κ3) is 7.74. The van der Waals surface area contributed by atoms with Gasteiger partial charge in [0.05, 0.1) is 0 Å². The second-order valence-corrected chi connectivity index (χ2v) is 4.87. The molecule has 1 atom stereocenters. The molecule has 0 fully saturated rings. The second kappa shape index (κ2) is 11.0. The van der Waals surface area contributed by atoms with Crippen LogP contribution in [-0.4, -0.2) is 33.5 Å². The van der Waals surface area contributed by atoms with Crippen LogP contribution in [0.5, 0.6) is 0 Å². The maximum Gasteiger partial charge on any atom is 0.0487 e. The van der Waals surface area contributed by atoms with Gasteiger partial charge in [0.1, 0.15) is 0 Å². The molecule has 0 aliphatic rings. The van der Waals surface area contributed by atoms with Crippen molar-refractivity contribution in [2.45, 2.75) is 52.4 Å². The molecular formula is C14H31NO2. The van der Waals surface area contributed by atoms with Gasteiger partial charge in [-0.05, 0) is 37.6 Å². The number of hydrogen-bond acceptors (Lipinski definition) is 3. The van der Waals surface area contributed by atoms with Crippen molar-refractivity contribution in [1.29, 1.82) is 0 Å². The van der Waals surface area contributed by atoms with Crippen molar-refractivity contribution in [3.05, 3.63) is 0 Å². The normalized spacial score (nSPS) is 14.8. The van der Waals surface area contributed by atoms with E-state index < -0.39 is 0 Å². The molecule has 17 heavy (non-hydrogen) atoms. The molecule has 0 bridgehead atoms. The summed E-state index contributed by atoms with van der Waals surface area (Å²) >= 11 is 0. The highest BCUT2D eigenvalue weighted by Crippen LogP contribution is 2.31. The predicted molar refractivity (Wildman–Crippen MR) is 73.2 cm³/mol. The summed E-state index contributed by atoms with van der Waals surface area (Å²) in [6.45, 7) is 7.67. The first-order chi connectivity index (χ1) is 8.24. The maximum absolute atomic E-state index is 5.95. The number of methoxy groups -OCH3 is 1. The molecule has 0 saturated carbocycles. The molecule has 0 aliphatic carbocycles. The zero-order valence-electron chi connectivity index (χ0n) is 12.0. The zero-order chi connectivity index (χ0) is 13.0. The summed E-state index contributed by atoms with van der Waals surface area (Å²) in [4.78, 5) is 0. The Morgan fingerprint density at radius 1 is 1.00 bits per heavy atom. The molecule has 0 spiro atoms. The largest absolute Gasteiger partial charge is 0.385 e. The lowest BCUT2D eigenvalue weighted by molar-refractivity contribution is 0.0727. The summed E-state index contributed by atoms with van der Waals surface area (Å²) in [5, 5.41) is 0. The predicted octanol–water partition coefficient (Wildman–Crippen LogP) is 2.97. The van der Waals surface area contributed by atoms with Gasteiger partial charge in [0.15, 0.2) is 0 Å². The molecule has 0 aromatic rings. The summed E-state index contributed by atoms with van der Waals surface area (Å²) in [6.07, 6.45) is 6.98. The van der Waals surface area contributed by atoms with Crippen molar-refractivity contribution in [2.24, 2.45) is 11.1 Å². The Labute approximate surface area is 107 Å². The van der Waals surface area contributed by atoms with Gasteiger partial charge in [-0.25, -0.2) is 0 Å².